The molecule has 26 heavy (non-hydrogen) atoms. The number of benzene rings is 2. The fourth-order valence-electron chi connectivity index (χ4n) is 2.24. The quantitative estimate of drug-likeness (QED) is 0.785. The molecule has 0 aliphatic rings. The summed E-state index contributed by atoms with van der Waals surface area (Å²) in [6.07, 6.45) is 0. The minimum Gasteiger partial charge on any atom is -0.494 e. The molecule has 2 aromatic rings. The maximum Gasteiger partial charge on any atom is 0.257 e. The normalized spacial score (nSPS) is 10.2. The number of rotatable bonds is 6. The van der Waals surface area contributed by atoms with Crippen LogP contribution in [0.3, 0.4) is 0 Å². The molecule has 0 unspecified atom stereocenters. The maximum absolute atomic E-state index is 12.4. The molecular formula is C18H19Cl2N3O3. The number of nitrogens with one attached hydrogen (secondary N) is 2. The molecule has 0 bridgehead atoms. The van der Waals surface area contributed by atoms with Crippen LogP contribution in [0.25, 0.3) is 0 Å². The van der Waals surface area contributed by atoms with Crippen molar-refractivity contribution in [3.63, 3.8) is 0 Å². The Morgan fingerprint density at radius 2 is 1.65 bits per heavy atom. The minimum absolute atomic E-state index is 0.0878. The summed E-state index contributed by atoms with van der Waals surface area (Å²) in [4.78, 5) is 26.4. The minimum atomic E-state index is -0.549. The van der Waals surface area contributed by atoms with Gasteiger partial charge in [0, 0.05) is 25.5 Å². The first-order chi connectivity index (χ1) is 12.3. The molecule has 0 spiro atoms. The van der Waals surface area contributed by atoms with E-state index in [4.69, 9.17) is 27.9 Å². The van der Waals surface area contributed by atoms with E-state index in [2.05, 4.69) is 10.6 Å². The first-order valence-electron chi connectivity index (χ1n) is 7.71. The fraction of sp³-hybridized carbons (Fsp3) is 0.222. The van der Waals surface area contributed by atoms with Crippen LogP contribution in [0, 0.1) is 0 Å². The molecule has 2 N–H and O–H groups in total. The zero-order valence-corrected chi connectivity index (χ0v) is 16.1. The number of ether oxygens (including phenoxy) is 1. The van der Waals surface area contributed by atoms with E-state index >= 15 is 0 Å². The summed E-state index contributed by atoms with van der Waals surface area (Å²) in [6.45, 7) is -0.222. The average Bonchev–Trinajstić information content (AvgIpc) is 2.61. The Morgan fingerprint density at radius 1 is 1.04 bits per heavy atom. The van der Waals surface area contributed by atoms with Crippen LogP contribution >= 0.6 is 23.2 Å². The monoisotopic (exact) mass is 395 g/mol. The van der Waals surface area contributed by atoms with Gasteiger partial charge >= 0.3 is 0 Å². The largest absolute Gasteiger partial charge is 0.494 e. The highest BCUT2D eigenvalue weighted by Gasteiger charge is 2.20. The molecule has 8 heteroatoms. The van der Waals surface area contributed by atoms with E-state index in [0.29, 0.717) is 5.69 Å². The van der Waals surface area contributed by atoms with Gasteiger partial charge in [0.25, 0.3) is 5.91 Å². The topological polar surface area (TPSA) is 70.7 Å². The van der Waals surface area contributed by atoms with Crippen LogP contribution in [-0.2, 0) is 4.79 Å². The molecule has 0 saturated heterocycles. The molecule has 2 rings (SSSR count). The summed E-state index contributed by atoms with van der Waals surface area (Å²) in [7, 11) is 5.25. The highest BCUT2D eigenvalue weighted by atomic mass is 35.5. The van der Waals surface area contributed by atoms with Gasteiger partial charge in [0.05, 0.1) is 23.7 Å². The molecule has 0 radical (unpaired) electrons. The smallest absolute Gasteiger partial charge is 0.257 e. The molecule has 2 aromatic carbocycles. The number of hydrogen-bond acceptors (Lipinski definition) is 4. The second kappa shape index (κ2) is 8.78. The van der Waals surface area contributed by atoms with E-state index < -0.39 is 5.91 Å². The first-order valence-corrected chi connectivity index (χ1v) is 8.46. The van der Waals surface area contributed by atoms with E-state index in [0.717, 1.165) is 5.69 Å². The van der Waals surface area contributed by atoms with Gasteiger partial charge in [0.15, 0.2) is 5.75 Å². The predicted molar refractivity (Wildman–Crippen MR) is 105 cm³/mol. The van der Waals surface area contributed by atoms with Gasteiger partial charge in [-0.15, -0.1) is 0 Å². The van der Waals surface area contributed by atoms with Crippen LogP contribution in [0.2, 0.25) is 10.0 Å². The van der Waals surface area contributed by atoms with Crippen molar-refractivity contribution >= 4 is 46.4 Å². The van der Waals surface area contributed by atoms with E-state index in [1.807, 2.05) is 31.1 Å². The molecule has 0 aliphatic heterocycles. The summed E-state index contributed by atoms with van der Waals surface area (Å²) in [5.74, 6) is -0.753. The number of carbonyl (C=O) groups excluding carboxylic acids is 2. The summed E-state index contributed by atoms with van der Waals surface area (Å²) in [6, 6.07) is 10.4. The van der Waals surface area contributed by atoms with Crippen LogP contribution in [-0.4, -0.2) is 39.6 Å². The van der Waals surface area contributed by atoms with Gasteiger partial charge in [-0.25, -0.2) is 0 Å². The zero-order chi connectivity index (χ0) is 19.3. The fourth-order valence-corrected chi connectivity index (χ4v) is 2.71. The number of halogens is 2. The second-order valence-corrected chi connectivity index (χ2v) is 6.42. The van der Waals surface area contributed by atoms with Crippen LogP contribution in [0.15, 0.2) is 36.4 Å². The van der Waals surface area contributed by atoms with Gasteiger partial charge in [-0.05, 0) is 36.4 Å². The summed E-state index contributed by atoms with van der Waals surface area (Å²) in [5.41, 5.74) is 1.73. The molecule has 2 amide bonds. The van der Waals surface area contributed by atoms with E-state index in [1.54, 1.807) is 12.1 Å². The van der Waals surface area contributed by atoms with Gasteiger partial charge in [-0.2, -0.15) is 0 Å². The maximum atomic E-state index is 12.4. The van der Waals surface area contributed by atoms with Gasteiger partial charge in [-0.1, -0.05) is 23.2 Å². The van der Waals surface area contributed by atoms with Crippen molar-refractivity contribution < 1.29 is 14.3 Å². The van der Waals surface area contributed by atoms with Crippen molar-refractivity contribution in [3.05, 3.63) is 52.0 Å². The molecule has 6 nitrogen and oxygen atoms in total. The third kappa shape index (κ3) is 4.80. The number of amides is 2. The van der Waals surface area contributed by atoms with Crippen LogP contribution in [0.4, 0.5) is 11.4 Å². The van der Waals surface area contributed by atoms with Crippen molar-refractivity contribution in [1.29, 1.82) is 0 Å². The standard InChI is InChI=1S/C18H19Cl2N3O3/c1-23(2)12-6-4-11(5-7-12)22-15(24)10-21-18(25)16-13(19)8-9-14(20)17(16)26-3/h4-9H,10H2,1-3H3,(H,21,25)(H,22,24). The van der Waals surface area contributed by atoms with Crippen LogP contribution in [0.5, 0.6) is 5.75 Å². The van der Waals surface area contributed by atoms with Crippen molar-refractivity contribution in [3.8, 4) is 5.75 Å². The van der Waals surface area contributed by atoms with E-state index in [1.165, 1.54) is 19.2 Å². The molecule has 0 saturated carbocycles. The Balaban J connectivity index is 1.99. The molecule has 138 valence electrons. The van der Waals surface area contributed by atoms with Crippen LogP contribution < -0.4 is 20.3 Å². The van der Waals surface area contributed by atoms with Gasteiger partial charge in [-0.3, -0.25) is 9.59 Å². The lowest BCUT2D eigenvalue weighted by Crippen LogP contribution is -2.33. The molecule has 0 heterocycles. The Labute approximate surface area is 162 Å². The van der Waals surface area contributed by atoms with Crippen LogP contribution in [0.1, 0.15) is 10.4 Å². The molecular weight excluding hydrogens is 377 g/mol. The molecule has 0 atom stereocenters. The lowest BCUT2D eigenvalue weighted by Gasteiger charge is -2.14. The Hall–Kier alpha value is -2.44. The molecule has 0 fully saturated rings. The number of nitrogens with zero attached hydrogens (tertiary/aromatic N) is 1. The lowest BCUT2D eigenvalue weighted by atomic mass is 10.2. The SMILES string of the molecule is COc1c(Cl)ccc(Cl)c1C(=O)NCC(=O)Nc1ccc(N(C)C)cc1. The van der Waals surface area contributed by atoms with Crippen molar-refractivity contribution in [2.45, 2.75) is 0 Å². The van der Waals surface area contributed by atoms with E-state index in [-0.39, 0.29) is 33.8 Å². The third-order valence-corrected chi connectivity index (χ3v) is 4.18. The van der Waals surface area contributed by atoms with Crippen molar-refractivity contribution in [2.75, 3.05) is 38.0 Å². The number of methoxy groups -OCH3 is 1. The zero-order valence-electron chi connectivity index (χ0n) is 14.6. The Bertz CT molecular complexity index is 808. The third-order valence-electron chi connectivity index (χ3n) is 3.57. The Kier molecular flexibility index (Phi) is 6.71. The summed E-state index contributed by atoms with van der Waals surface area (Å²) in [5, 5.41) is 5.66. The highest BCUT2D eigenvalue weighted by Crippen LogP contribution is 2.33. The van der Waals surface area contributed by atoms with Gasteiger partial charge < -0.3 is 20.3 Å². The lowest BCUT2D eigenvalue weighted by molar-refractivity contribution is -0.115. The van der Waals surface area contributed by atoms with Gasteiger partial charge in [0.2, 0.25) is 5.91 Å². The predicted octanol–water partition coefficient (Wildman–Crippen LogP) is 3.44. The second-order valence-electron chi connectivity index (χ2n) is 5.61. The Morgan fingerprint density at radius 3 is 2.23 bits per heavy atom. The first kappa shape index (κ1) is 19.9. The average molecular weight is 396 g/mol. The number of carbonyl (C=O) groups is 2. The van der Waals surface area contributed by atoms with E-state index in [9.17, 15) is 9.59 Å². The van der Waals surface area contributed by atoms with Crippen molar-refractivity contribution in [2.24, 2.45) is 0 Å². The summed E-state index contributed by atoms with van der Waals surface area (Å²) >= 11 is 12.1. The number of anilines is 2. The van der Waals surface area contributed by atoms with Gasteiger partial charge in [0.1, 0.15) is 5.56 Å². The molecule has 0 aliphatic carbocycles. The summed E-state index contributed by atoms with van der Waals surface area (Å²) < 4.78 is 5.13. The van der Waals surface area contributed by atoms with Crippen molar-refractivity contribution in [1.82, 2.24) is 5.32 Å². The molecule has 0 aromatic heterocycles. The highest BCUT2D eigenvalue weighted by molar-refractivity contribution is 6.37. The number of hydrogen-bond donors (Lipinski definition) is 2.